The van der Waals surface area contributed by atoms with E-state index in [1.165, 1.54) is 41.3 Å². The summed E-state index contributed by atoms with van der Waals surface area (Å²) in [6.07, 6.45) is 1.27. The van der Waals surface area contributed by atoms with Crippen LogP contribution < -0.4 is 5.32 Å². The summed E-state index contributed by atoms with van der Waals surface area (Å²) in [6.45, 7) is 8.21. The highest BCUT2D eigenvalue weighted by Crippen LogP contribution is 2.22. The Hall–Kier alpha value is 0.0600. The molecule has 1 aliphatic heterocycles. The topological polar surface area (TPSA) is 18.5 Å². The number of hydrogen-bond donors (Lipinski definition) is 1. The summed E-state index contributed by atoms with van der Waals surface area (Å²) in [5.74, 6) is 0. The molecule has 0 aliphatic carbocycles. The molecule has 0 bridgehead atoms. The molecule has 0 spiro atoms. The highest BCUT2D eigenvalue weighted by Gasteiger charge is 2.09. The summed E-state index contributed by atoms with van der Waals surface area (Å²) < 4.78 is 1.23. The number of rotatable bonds is 6. The van der Waals surface area contributed by atoms with Crippen LogP contribution in [0.2, 0.25) is 0 Å². The third-order valence-electron chi connectivity index (χ3n) is 3.28. The van der Waals surface area contributed by atoms with Crippen LogP contribution in [0.15, 0.2) is 15.9 Å². The summed E-state index contributed by atoms with van der Waals surface area (Å²) in [6, 6.07) is 4.34. The van der Waals surface area contributed by atoms with Crippen molar-refractivity contribution in [2.24, 2.45) is 0 Å². The highest BCUT2D eigenvalue weighted by molar-refractivity contribution is 9.11. The van der Waals surface area contributed by atoms with Crippen LogP contribution in [-0.4, -0.2) is 56.1 Å². The van der Waals surface area contributed by atoms with Gasteiger partial charge < -0.3 is 15.1 Å². The molecule has 2 heterocycles. The van der Waals surface area contributed by atoms with E-state index in [4.69, 9.17) is 0 Å². The molecule has 1 N–H and O–H groups in total. The minimum atomic E-state index is 1.07. The number of nitrogens with zero attached hydrogens (tertiary/aromatic N) is 2. The van der Waals surface area contributed by atoms with E-state index in [-0.39, 0.29) is 0 Å². The van der Waals surface area contributed by atoms with Gasteiger partial charge in [-0.25, -0.2) is 0 Å². The maximum absolute atomic E-state index is 3.51. The van der Waals surface area contributed by atoms with Crippen molar-refractivity contribution in [3.8, 4) is 0 Å². The summed E-state index contributed by atoms with van der Waals surface area (Å²) in [5.41, 5.74) is 0. The van der Waals surface area contributed by atoms with Gasteiger partial charge in [0.1, 0.15) is 0 Å². The minimum absolute atomic E-state index is 1.07. The van der Waals surface area contributed by atoms with Crippen LogP contribution in [0.5, 0.6) is 0 Å². The fourth-order valence-corrected chi connectivity index (χ4v) is 3.84. The average molecular weight is 332 g/mol. The molecule has 18 heavy (non-hydrogen) atoms. The van der Waals surface area contributed by atoms with Crippen molar-refractivity contribution in [1.29, 1.82) is 0 Å². The number of thiophene rings is 1. The Morgan fingerprint density at radius 3 is 2.83 bits per heavy atom. The maximum atomic E-state index is 3.51. The molecule has 1 saturated heterocycles. The molecule has 3 nitrogen and oxygen atoms in total. The maximum Gasteiger partial charge on any atom is 0.0701 e. The predicted molar refractivity (Wildman–Crippen MR) is 82.3 cm³/mol. The van der Waals surface area contributed by atoms with Gasteiger partial charge >= 0.3 is 0 Å². The lowest BCUT2D eigenvalue weighted by atomic mass is 10.3. The second-order valence-corrected chi connectivity index (χ2v) is 7.44. The second kappa shape index (κ2) is 7.60. The first kappa shape index (κ1) is 14.5. The molecule has 0 radical (unpaired) electrons. The molecule has 0 aromatic carbocycles. The van der Waals surface area contributed by atoms with E-state index in [0.29, 0.717) is 0 Å². The minimum Gasteiger partial charge on any atom is -0.314 e. The number of hydrogen-bond acceptors (Lipinski definition) is 4. The largest absolute Gasteiger partial charge is 0.314 e. The first-order valence-corrected chi connectivity index (χ1v) is 8.21. The predicted octanol–water partition coefficient (Wildman–Crippen LogP) is 2.24. The van der Waals surface area contributed by atoms with E-state index in [0.717, 1.165) is 19.6 Å². The van der Waals surface area contributed by atoms with Crippen LogP contribution in [0.1, 0.15) is 11.3 Å². The zero-order chi connectivity index (χ0) is 12.8. The molecule has 1 aromatic heterocycles. The van der Waals surface area contributed by atoms with Crippen molar-refractivity contribution in [2.75, 3.05) is 46.3 Å². The zero-order valence-corrected chi connectivity index (χ0v) is 13.4. The Kier molecular flexibility index (Phi) is 6.11. The lowest BCUT2D eigenvalue weighted by molar-refractivity contribution is 0.220. The fraction of sp³-hybridized carbons (Fsp3) is 0.692. The van der Waals surface area contributed by atoms with Crippen molar-refractivity contribution in [3.05, 3.63) is 20.8 Å². The summed E-state index contributed by atoms with van der Waals surface area (Å²) in [4.78, 5) is 6.42. The van der Waals surface area contributed by atoms with E-state index >= 15 is 0 Å². The standard InChI is InChI=1S/C13H22BrN3S/c1-16(11-12-3-4-13(14)18-12)7-2-8-17-9-5-15-6-10-17/h3-4,15H,2,5-11H2,1H3. The van der Waals surface area contributed by atoms with Gasteiger partial charge in [-0.2, -0.15) is 0 Å². The molecule has 5 heteroatoms. The SMILES string of the molecule is CN(CCCN1CCNCC1)Cc1ccc(Br)s1. The zero-order valence-electron chi connectivity index (χ0n) is 11.0. The van der Waals surface area contributed by atoms with E-state index in [9.17, 15) is 0 Å². The summed E-state index contributed by atoms with van der Waals surface area (Å²) >= 11 is 5.35. The average Bonchev–Trinajstić information content (AvgIpc) is 2.76. The number of nitrogens with one attached hydrogen (secondary N) is 1. The number of halogens is 1. The molecule has 1 aliphatic rings. The third-order valence-corrected chi connectivity index (χ3v) is 4.89. The summed E-state index contributed by atoms with van der Waals surface area (Å²) in [5, 5.41) is 3.39. The Bertz CT molecular complexity index is 350. The smallest absolute Gasteiger partial charge is 0.0701 e. The molecule has 1 aromatic rings. The third kappa shape index (κ3) is 4.97. The molecular weight excluding hydrogens is 310 g/mol. The molecule has 0 saturated carbocycles. The van der Waals surface area contributed by atoms with Crippen LogP contribution in [0, 0.1) is 0 Å². The second-order valence-electron chi connectivity index (χ2n) is 4.89. The van der Waals surface area contributed by atoms with Crippen molar-refractivity contribution in [3.63, 3.8) is 0 Å². The lowest BCUT2D eigenvalue weighted by Gasteiger charge is -2.27. The van der Waals surface area contributed by atoms with E-state index < -0.39 is 0 Å². The van der Waals surface area contributed by atoms with E-state index in [1.54, 1.807) is 0 Å². The normalized spacial score (nSPS) is 17.5. The van der Waals surface area contributed by atoms with Crippen molar-refractivity contribution in [1.82, 2.24) is 15.1 Å². The first-order valence-electron chi connectivity index (χ1n) is 6.60. The Balaban J connectivity index is 1.60. The van der Waals surface area contributed by atoms with Crippen LogP contribution in [-0.2, 0) is 6.54 Å². The van der Waals surface area contributed by atoms with Gasteiger partial charge in [0.05, 0.1) is 3.79 Å². The molecule has 1 fully saturated rings. The van der Waals surface area contributed by atoms with E-state index in [1.807, 2.05) is 11.3 Å². The van der Waals surface area contributed by atoms with Gasteiger partial charge in [-0.1, -0.05) is 0 Å². The van der Waals surface area contributed by atoms with Gasteiger partial charge in [0.15, 0.2) is 0 Å². The quantitative estimate of drug-likeness (QED) is 0.862. The van der Waals surface area contributed by atoms with Crippen LogP contribution in [0.4, 0.5) is 0 Å². The molecule has 0 amide bonds. The van der Waals surface area contributed by atoms with Gasteiger partial charge in [-0.15, -0.1) is 11.3 Å². The van der Waals surface area contributed by atoms with E-state index in [2.05, 4.69) is 50.2 Å². The van der Waals surface area contributed by atoms with Crippen molar-refractivity contribution < 1.29 is 0 Å². The Morgan fingerprint density at radius 2 is 2.17 bits per heavy atom. The molecule has 2 rings (SSSR count). The Labute approximate surface area is 122 Å². The van der Waals surface area contributed by atoms with Crippen LogP contribution in [0.3, 0.4) is 0 Å². The van der Waals surface area contributed by atoms with Crippen molar-refractivity contribution >= 4 is 27.3 Å². The highest BCUT2D eigenvalue weighted by atomic mass is 79.9. The Morgan fingerprint density at radius 1 is 1.39 bits per heavy atom. The van der Waals surface area contributed by atoms with Gasteiger partial charge in [-0.05, 0) is 54.6 Å². The van der Waals surface area contributed by atoms with Crippen LogP contribution in [0.25, 0.3) is 0 Å². The van der Waals surface area contributed by atoms with Crippen LogP contribution >= 0.6 is 27.3 Å². The molecular formula is C13H22BrN3S. The number of piperazine rings is 1. The van der Waals surface area contributed by atoms with Crippen molar-refractivity contribution in [2.45, 2.75) is 13.0 Å². The van der Waals surface area contributed by atoms with Gasteiger partial charge in [0.25, 0.3) is 0 Å². The first-order chi connectivity index (χ1) is 8.74. The molecule has 0 atom stereocenters. The van der Waals surface area contributed by atoms with Gasteiger partial charge in [-0.3, -0.25) is 0 Å². The molecule has 102 valence electrons. The monoisotopic (exact) mass is 331 g/mol. The summed E-state index contributed by atoms with van der Waals surface area (Å²) in [7, 11) is 2.21. The fourth-order valence-electron chi connectivity index (χ4n) is 2.28. The lowest BCUT2D eigenvalue weighted by Crippen LogP contribution is -2.44. The van der Waals surface area contributed by atoms with Gasteiger partial charge in [0, 0.05) is 37.6 Å². The molecule has 0 unspecified atom stereocenters. The van der Waals surface area contributed by atoms with Gasteiger partial charge in [0.2, 0.25) is 0 Å².